The summed E-state index contributed by atoms with van der Waals surface area (Å²) in [5, 5.41) is -0.307. The third-order valence-corrected chi connectivity index (χ3v) is 5.24. The average molecular weight is 290 g/mol. The van der Waals surface area contributed by atoms with E-state index in [9.17, 15) is 0 Å². The lowest BCUT2D eigenvalue weighted by atomic mass is 10.0. The number of rotatable bonds is 0. The zero-order valence-corrected chi connectivity index (χ0v) is 9.12. The molecule has 1 aliphatic heterocycles. The Bertz CT molecular complexity index is 166. The van der Waals surface area contributed by atoms with Crippen LogP contribution in [0.4, 0.5) is 0 Å². The lowest BCUT2D eigenvalue weighted by Crippen LogP contribution is -2.29. The standard InChI is InChI=1S/C6H7Br2ClO/c7-3-1-5-6(9,10-5)2-4(3)8/h3-5H,1-2H2. The second-order valence-electron chi connectivity index (χ2n) is 2.86. The number of halogens is 3. The summed E-state index contributed by atoms with van der Waals surface area (Å²) in [6, 6.07) is 0. The molecule has 4 atom stereocenters. The molecule has 10 heavy (non-hydrogen) atoms. The molecule has 1 nitrogen and oxygen atoms in total. The van der Waals surface area contributed by atoms with Gasteiger partial charge in [0.15, 0.2) is 5.06 Å². The van der Waals surface area contributed by atoms with E-state index < -0.39 is 0 Å². The maximum atomic E-state index is 6.03. The van der Waals surface area contributed by atoms with Crippen LogP contribution >= 0.6 is 43.5 Å². The van der Waals surface area contributed by atoms with Crippen LogP contribution in [0.5, 0.6) is 0 Å². The predicted molar refractivity (Wildman–Crippen MR) is 48.1 cm³/mol. The van der Waals surface area contributed by atoms with Crippen LogP contribution < -0.4 is 0 Å². The van der Waals surface area contributed by atoms with Gasteiger partial charge in [-0.15, -0.1) is 0 Å². The first-order valence-electron chi connectivity index (χ1n) is 3.27. The van der Waals surface area contributed by atoms with Crippen molar-refractivity contribution >= 4 is 43.5 Å². The Hall–Kier alpha value is 1.21. The minimum Gasteiger partial charge on any atom is -0.349 e. The van der Waals surface area contributed by atoms with Gasteiger partial charge in [0.25, 0.3) is 0 Å². The molecule has 4 heteroatoms. The van der Waals surface area contributed by atoms with Crippen molar-refractivity contribution in [1.29, 1.82) is 0 Å². The SMILES string of the molecule is ClC12CC(Br)C(Br)CC1O2. The van der Waals surface area contributed by atoms with Crippen molar-refractivity contribution < 1.29 is 4.74 Å². The minimum absolute atomic E-state index is 0.298. The molecular formula is C6H7Br2ClO. The summed E-state index contributed by atoms with van der Waals surface area (Å²) in [7, 11) is 0. The normalized spacial score (nSPS) is 59.7. The predicted octanol–water partition coefficient (Wildman–Crippen LogP) is 2.64. The van der Waals surface area contributed by atoms with Gasteiger partial charge in [0.05, 0.1) is 0 Å². The second-order valence-corrected chi connectivity index (χ2v) is 5.86. The highest BCUT2D eigenvalue weighted by Crippen LogP contribution is 2.53. The van der Waals surface area contributed by atoms with E-state index in [4.69, 9.17) is 16.3 Å². The van der Waals surface area contributed by atoms with E-state index in [0.29, 0.717) is 15.8 Å². The van der Waals surface area contributed by atoms with E-state index in [1.807, 2.05) is 0 Å². The highest BCUT2D eigenvalue weighted by Gasteiger charge is 2.60. The van der Waals surface area contributed by atoms with Crippen molar-refractivity contribution in [3.05, 3.63) is 0 Å². The molecule has 0 bridgehead atoms. The maximum absolute atomic E-state index is 6.03. The fourth-order valence-electron chi connectivity index (χ4n) is 1.35. The van der Waals surface area contributed by atoms with Crippen LogP contribution in [0.3, 0.4) is 0 Å². The topological polar surface area (TPSA) is 12.5 Å². The number of ether oxygens (including phenoxy) is 1. The fourth-order valence-corrected chi connectivity index (χ4v) is 3.12. The monoisotopic (exact) mass is 288 g/mol. The molecule has 0 radical (unpaired) electrons. The fraction of sp³-hybridized carbons (Fsp3) is 1.00. The molecule has 2 fully saturated rings. The molecule has 1 aliphatic carbocycles. The number of hydrogen-bond acceptors (Lipinski definition) is 1. The van der Waals surface area contributed by atoms with Crippen LogP contribution in [-0.2, 0) is 4.74 Å². The average Bonchev–Trinajstić information content (AvgIpc) is 2.41. The van der Waals surface area contributed by atoms with Crippen molar-refractivity contribution in [3.8, 4) is 0 Å². The number of alkyl halides is 3. The molecule has 4 unspecified atom stereocenters. The minimum atomic E-state index is -0.307. The summed E-state index contributed by atoms with van der Waals surface area (Å²) in [5.41, 5.74) is 0. The Kier molecular flexibility index (Phi) is 1.84. The lowest BCUT2D eigenvalue weighted by Gasteiger charge is -2.21. The molecular weight excluding hydrogens is 283 g/mol. The van der Waals surface area contributed by atoms with Gasteiger partial charge < -0.3 is 4.74 Å². The third-order valence-electron chi connectivity index (χ3n) is 2.07. The van der Waals surface area contributed by atoms with Crippen molar-refractivity contribution in [2.45, 2.75) is 33.7 Å². The van der Waals surface area contributed by atoms with Crippen molar-refractivity contribution in [1.82, 2.24) is 0 Å². The van der Waals surface area contributed by atoms with Gasteiger partial charge in [0.2, 0.25) is 0 Å². The van der Waals surface area contributed by atoms with Crippen LogP contribution in [-0.4, -0.2) is 20.8 Å². The van der Waals surface area contributed by atoms with Crippen molar-refractivity contribution in [2.75, 3.05) is 0 Å². The summed E-state index contributed by atoms with van der Waals surface area (Å²) in [6.45, 7) is 0. The third kappa shape index (κ3) is 1.15. The Morgan fingerprint density at radius 3 is 2.70 bits per heavy atom. The molecule has 2 aliphatic rings. The smallest absolute Gasteiger partial charge is 0.169 e. The first-order chi connectivity index (χ1) is 4.62. The van der Waals surface area contributed by atoms with Gasteiger partial charge >= 0.3 is 0 Å². The Labute approximate surface area is 81.7 Å². The van der Waals surface area contributed by atoms with Gasteiger partial charge in [-0.25, -0.2) is 0 Å². The molecule has 1 heterocycles. The van der Waals surface area contributed by atoms with Gasteiger partial charge in [-0.05, 0) is 6.42 Å². The summed E-state index contributed by atoms with van der Waals surface area (Å²) in [6.07, 6.45) is 2.24. The Balaban J connectivity index is 2.05. The highest BCUT2D eigenvalue weighted by atomic mass is 79.9. The van der Waals surface area contributed by atoms with Crippen LogP contribution in [0.15, 0.2) is 0 Å². The van der Waals surface area contributed by atoms with Crippen LogP contribution in [0.1, 0.15) is 12.8 Å². The van der Waals surface area contributed by atoms with Crippen molar-refractivity contribution in [2.24, 2.45) is 0 Å². The highest BCUT2D eigenvalue weighted by molar-refractivity contribution is 9.12. The second kappa shape index (κ2) is 2.35. The van der Waals surface area contributed by atoms with E-state index in [-0.39, 0.29) is 5.06 Å². The molecule has 1 saturated carbocycles. The first kappa shape index (κ1) is 7.84. The van der Waals surface area contributed by atoms with Gasteiger partial charge in [0, 0.05) is 16.1 Å². The largest absolute Gasteiger partial charge is 0.349 e. The lowest BCUT2D eigenvalue weighted by molar-refractivity contribution is 0.353. The van der Waals surface area contributed by atoms with E-state index in [0.717, 1.165) is 12.8 Å². The van der Waals surface area contributed by atoms with Gasteiger partial charge in [-0.3, -0.25) is 0 Å². The first-order valence-corrected chi connectivity index (χ1v) is 5.47. The van der Waals surface area contributed by atoms with E-state index in [1.54, 1.807) is 0 Å². The van der Waals surface area contributed by atoms with Crippen LogP contribution in [0.2, 0.25) is 0 Å². The Morgan fingerprint density at radius 1 is 1.40 bits per heavy atom. The van der Waals surface area contributed by atoms with E-state index in [2.05, 4.69) is 31.9 Å². The number of fused-ring (bicyclic) bond motifs is 1. The molecule has 1 saturated heterocycles. The van der Waals surface area contributed by atoms with E-state index in [1.165, 1.54) is 0 Å². The summed E-state index contributed by atoms with van der Waals surface area (Å²) >= 11 is 13.1. The molecule has 0 amide bonds. The zero-order valence-electron chi connectivity index (χ0n) is 5.19. The summed E-state index contributed by atoms with van der Waals surface area (Å²) in [4.78, 5) is 0.982. The van der Waals surface area contributed by atoms with Gasteiger partial charge in [-0.1, -0.05) is 43.5 Å². The van der Waals surface area contributed by atoms with E-state index >= 15 is 0 Å². The number of epoxide rings is 1. The molecule has 58 valence electrons. The molecule has 0 aromatic heterocycles. The number of hydrogen-bond donors (Lipinski definition) is 0. The van der Waals surface area contributed by atoms with Crippen LogP contribution in [0.25, 0.3) is 0 Å². The molecule has 0 aromatic rings. The van der Waals surface area contributed by atoms with Gasteiger partial charge in [-0.2, -0.15) is 0 Å². The van der Waals surface area contributed by atoms with Crippen molar-refractivity contribution in [3.63, 3.8) is 0 Å². The quantitative estimate of drug-likeness (QED) is 0.493. The zero-order chi connectivity index (χ0) is 7.35. The molecule has 0 N–H and O–H groups in total. The van der Waals surface area contributed by atoms with Crippen LogP contribution in [0, 0.1) is 0 Å². The molecule has 2 rings (SSSR count). The Morgan fingerprint density at radius 2 is 2.10 bits per heavy atom. The van der Waals surface area contributed by atoms with Gasteiger partial charge in [0.1, 0.15) is 6.10 Å². The summed E-state index contributed by atoms with van der Waals surface area (Å²) < 4.78 is 5.31. The molecule has 0 spiro atoms. The maximum Gasteiger partial charge on any atom is 0.169 e. The summed E-state index contributed by atoms with van der Waals surface area (Å²) in [5.74, 6) is 0. The molecule has 0 aromatic carbocycles.